The molecule has 0 aromatic heterocycles. The molecule has 0 aliphatic rings. The summed E-state index contributed by atoms with van der Waals surface area (Å²) in [6.07, 6.45) is 2.88. The zero-order valence-electron chi connectivity index (χ0n) is 11.9. The normalized spacial score (nSPS) is 10.7. The Morgan fingerprint density at radius 2 is 1.74 bits per heavy atom. The third-order valence-corrected chi connectivity index (χ3v) is 2.94. The van der Waals surface area contributed by atoms with Crippen LogP contribution in [0, 0.1) is 6.92 Å². The van der Waals surface area contributed by atoms with Crippen molar-refractivity contribution in [1.82, 2.24) is 5.43 Å². The van der Waals surface area contributed by atoms with E-state index in [-0.39, 0.29) is 0 Å². The van der Waals surface area contributed by atoms with E-state index in [9.17, 15) is 9.59 Å². The minimum Gasteiger partial charge on any atom is -0.283 e. The Hall–Kier alpha value is -1.97. The number of nitrogens with zero attached hydrogens (tertiary/aromatic N) is 1. The molecule has 0 aliphatic heterocycles. The molecule has 0 saturated heterocycles. The van der Waals surface area contributed by atoms with Crippen molar-refractivity contribution in [2.75, 3.05) is 0 Å². The first-order valence-corrected chi connectivity index (χ1v) is 6.49. The predicted molar refractivity (Wildman–Crippen MR) is 76.6 cm³/mol. The maximum Gasteiger partial charge on any atom is 0.312 e. The summed E-state index contributed by atoms with van der Waals surface area (Å²) in [6.45, 7) is 7.62. The fourth-order valence-corrected chi connectivity index (χ4v) is 2.08. The quantitative estimate of drug-likeness (QED) is 0.382. The van der Waals surface area contributed by atoms with E-state index in [0.29, 0.717) is 5.56 Å². The summed E-state index contributed by atoms with van der Waals surface area (Å²) in [5.41, 5.74) is 5.69. The Kier molecular flexibility index (Phi) is 5.42. The van der Waals surface area contributed by atoms with E-state index in [4.69, 9.17) is 0 Å². The molecule has 0 radical (unpaired) electrons. The van der Waals surface area contributed by atoms with Gasteiger partial charge in [-0.2, -0.15) is 5.10 Å². The number of carbonyl (C=O) groups is 2. The Morgan fingerprint density at radius 3 is 2.16 bits per heavy atom. The molecule has 0 heterocycles. The van der Waals surface area contributed by atoms with Crippen LogP contribution >= 0.6 is 0 Å². The van der Waals surface area contributed by atoms with E-state index in [0.717, 1.165) is 29.5 Å². The van der Waals surface area contributed by atoms with E-state index >= 15 is 0 Å². The molecule has 4 nitrogen and oxygen atoms in total. The van der Waals surface area contributed by atoms with Crippen molar-refractivity contribution < 1.29 is 9.59 Å². The second-order valence-electron chi connectivity index (χ2n) is 4.32. The van der Waals surface area contributed by atoms with Gasteiger partial charge in [0.1, 0.15) is 0 Å². The minimum absolute atomic E-state index is 0.515. The molecule has 0 bridgehead atoms. The van der Waals surface area contributed by atoms with Crippen molar-refractivity contribution in [2.24, 2.45) is 5.10 Å². The maximum absolute atomic E-state index is 12.2. The summed E-state index contributed by atoms with van der Waals surface area (Å²) < 4.78 is 0. The molecule has 1 aromatic carbocycles. The molecule has 19 heavy (non-hydrogen) atoms. The van der Waals surface area contributed by atoms with E-state index in [1.165, 1.54) is 6.21 Å². The first kappa shape index (κ1) is 15.1. The van der Waals surface area contributed by atoms with Crippen LogP contribution in [0.25, 0.3) is 0 Å². The molecule has 1 N–H and O–H groups in total. The van der Waals surface area contributed by atoms with Gasteiger partial charge in [0.25, 0.3) is 5.78 Å². The lowest BCUT2D eigenvalue weighted by atomic mass is 9.92. The number of Topliss-reactive ketones (excluding diaryl/α,β-unsaturated/α-hetero) is 1. The van der Waals surface area contributed by atoms with E-state index in [2.05, 4.69) is 10.5 Å². The lowest BCUT2D eigenvalue weighted by Gasteiger charge is -2.12. The summed E-state index contributed by atoms with van der Waals surface area (Å²) in [7, 11) is 0. The van der Waals surface area contributed by atoms with Crippen LogP contribution in [0.4, 0.5) is 0 Å². The van der Waals surface area contributed by atoms with Crippen LogP contribution in [0.15, 0.2) is 17.2 Å². The average molecular weight is 260 g/mol. The molecule has 0 atom stereocenters. The number of aryl methyl sites for hydroxylation is 3. The van der Waals surface area contributed by atoms with E-state index < -0.39 is 11.7 Å². The van der Waals surface area contributed by atoms with Crippen LogP contribution < -0.4 is 5.43 Å². The van der Waals surface area contributed by atoms with Crippen LogP contribution in [-0.2, 0) is 17.6 Å². The molecule has 1 amide bonds. The first-order chi connectivity index (χ1) is 9.04. The van der Waals surface area contributed by atoms with Crippen LogP contribution in [0.1, 0.15) is 47.8 Å². The fourth-order valence-electron chi connectivity index (χ4n) is 2.08. The van der Waals surface area contributed by atoms with E-state index in [1.54, 1.807) is 6.92 Å². The van der Waals surface area contributed by atoms with Crippen molar-refractivity contribution in [3.63, 3.8) is 0 Å². The van der Waals surface area contributed by atoms with Gasteiger partial charge in [-0.25, -0.2) is 5.43 Å². The second kappa shape index (κ2) is 6.83. The highest BCUT2D eigenvalue weighted by molar-refractivity contribution is 6.43. The first-order valence-electron chi connectivity index (χ1n) is 6.49. The second-order valence-corrected chi connectivity index (χ2v) is 4.32. The molecule has 0 saturated carbocycles. The van der Waals surface area contributed by atoms with Gasteiger partial charge >= 0.3 is 5.91 Å². The van der Waals surface area contributed by atoms with Gasteiger partial charge in [-0.05, 0) is 37.8 Å². The molecule has 0 fully saturated rings. The summed E-state index contributed by atoms with van der Waals surface area (Å²) in [5.74, 6) is -1.20. The lowest BCUT2D eigenvalue weighted by molar-refractivity contribution is -0.117. The molecular formula is C15H20N2O2. The van der Waals surface area contributed by atoms with Crippen molar-refractivity contribution in [2.45, 2.75) is 40.5 Å². The van der Waals surface area contributed by atoms with Gasteiger partial charge in [0.05, 0.1) is 0 Å². The van der Waals surface area contributed by atoms with Crippen LogP contribution in [-0.4, -0.2) is 17.9 Å². The third kappa shape index (κ3) is 3.50. The third-order valence-electron chi connectivity index (χ3n) is 2.94. The fraction of sp³-hybridized carbons (Fsp3) is 0.400. The molecule has 1 aromatic rings. The predicted octanol–water partition coefficient (Wildman–Crippen LogP) is 2.42. The van der Waals surface area contributed by atoms with Gasteiger partial charge in [0.15, 0.2) is 0 Å². The van der Waals surface area contributed by atoms with Crippen molar-refractivity contribution in [3.05, 3.63) is 34.4 Å². The smallest absolute Gasteiger partial charge is 0.283 e. The lowest BCUT2D eigenvalue weighted by Crippen LogP contribution is -2.28. The summed E-state index contributed by atoms with van der Waals surface area (Å²) in [4.78, 5) is 24.0. The molecule has 0 spiro atoms. The van der Waals surface area contributed by atoms with Crippen molar-refractivity contribution in [1.29, 1.82) is 0 Å². The number of rotatable bonds is 5. The van der Waals surface area contributed by atoms with Crippen molar-refractivity contribution >= 4 is 17.9 Å². The standard InChI is InChI=1S/C15H20N2O2/c1-5-11-8-10(4)9-12(6-2)13(11)14(18)15(19)17-16-7-3/h7-9H,5-6H2,1-4H3,(H,17,19)/b16-7+. The summed E-state index contributed by atoms with van der Waals surface area (Å²) >= 11 is 0. The number of ketones is 1. The Labute approximate surface area is 113 Å². The number of hydrogen-bond donors (Lipinski definition) is 1. The van der Waals surface area contributed by atoms with Crippen LogP contribution in [0.3, 0.4) is 0 Å². The van der Waals surface area contributed by atoms with Gasteiger partial charge in [-0.15, -0.1) is 0 Å². The molecule has 102 valence electrons. The van der Waals surface area contributed by atoms with Gasteiger partial charge in [0, 0.05) is 11.8 Å². The highest BCUT2D eigenvalue weighted by atomic mass is 16.2. The monoisotopic (exact) mass is 260 g/mol. The van der Waals surface area contributed by atoms with Crippen LogP contribution in [0.2, 0.25) is 0 Å². The largest absolute Gasteiger partial charge is 0.312 e. The number of amides is 1. The van der Waals surface area contributed by atoms with Gasteiger partial charge < -0.3 is 0 Å². The Morgan fingerprint density at radius 1 is 1.21 bits per heavy atom. The SMILES string of the molecule is C/C=N/NC(=O)C(=O)c1c(CC)cc(C)cc1CC. The number of carbonyl (C=O) groups excluding carboxylic acids is 2. The summed E-state index contributed by atoms with van der Waals surface area (Å²) in [5, 5.41) is 3.60. The highest BCUT2D eigenvalue weighted by Gasteiger charge is 2.21. The van der Waals surface area contributed by atoms with E-state index in [1.807, 2.05) is 32.9 Å². The minimum atomic E-state index is -0.689. The topological polar surface area (TPSA) is 58.5 Å². The number of hydrazone groups is 1. The molecule has 0 aliphatic carbocycles. The highest BCUT2D eigenvalue weighted by Crippen LogP contribution is 2.20. The number of nitrogens with one attached hydrogen (secondary N) is 1. The molecule has 0 unspecified atom stereocenters. The Balaban J connectivity index is 3.24. The Bertz CT molecular complexity index is 494. The average Bonchev–Trinajstić information content (AvgIpc) is 2.42. The number of hydrogen-bond acceptors (Lipinski definition) is 3. The van der Waals surface area contributed by atoms with Gasteiger partial charge in [-0.3, -0.25) is 9.59 Å². The molecule has 1 rings (SSSR count). The van der Waals surface area contributed by atoms with Crippen molar-refractivity contribution in [3.8, 4) is 0 Å². The van der Waals surface area contributed by atoms with Gasteiger partial charge in [0.2, 0.25) is 0 Å². The van der Waals surface area contributed by atoms with Crippen LogP contribution in [0.5, 0.6) is 0 Å². The maximum atomic E-state index is 12.2. The zero-order chi connectivity index (χ0) is 14.4. The molecule has 4 heteroatoms. The van der Waals surface area contributed by atoms with Gasteiger partial charge in [-0.1, -0.05) is 31.5 Å². The zero-order valence-corrected chi connectivity index (χ0v) is 11.9. The number of benzene rings is 1. The summed E-state index contributed by atoms with van der Waals surface area (Å²) in [6, 6.07) is 3.92. The molecular weight excluding hydrogens is 240 g/mol.